The second-order valence-corrected chi connectivity index (χ2v) is 3.13. The van der Waals surface area contributed by atoms with E-state index in [-0.39, 0.29) is 0 Å². The van der Waals surface area contributed by atoms with Crippen LogP contribution in [0.3, 0.4) is 0 Å². The van der Waals surface area contributed by atoms with Gasteiger partial charge in [0.2, 0.25) is 0 Å². The van der Waals surface area contributed by atoms with E-state index in [1.165, 1.54) is 16.1 Å². The molecule has 0 aromatic carbocycles. The van der Waals surface area contributed by atoms with Crippen molar-refractivity contribution in [2.75, 3.05) is 0 Å². The Morgan fingerprint density at radius 1 is 1.44 bits per heavy atom. The van der Waals surface area contributed by atoms with Crippen molar-refractivity contribution in [3.63, 3.8) is 0 Å². The van der Waals surface area contributed by atoms with Crippen molar-refractivity contribution in [1.29, 1.82) is 0 Å². The molecule has 0 fully saturated rings. The molecule has 0 unspecified atom stereocenters. The predicted molar refractivity (Wildman–Crippen MR) is 41.0 cm³/mol. The minimum absolute atomic E-state index is 1.12. The van der Waals surface area contributed by atoms with Gasteiger partial charge >= 0.3 is 0 Å². The third-order valence-corrected chi connectivity index (χ3v) is 2.42. The zero-order valence-electron chi connectivity index (χ0n) is 6.06. The summed E-state index contributed by atoms with van der Waals surface area (Å²) in [5.74, 6) is 0. The molecule has 0 bridgehead atoms. The van der Waals surface area contributed by atoms with Gasteiger partial charge in [-0.3, -0.25) is 0 Å². The molecule has 1 rings (SSSR count). The average Bonchev–Trinajstić information content (AvgIpc) is 2.12. The van der Waals surface area contributed by atoms with Gasteiger partial charge in [-0.05, 0) is 37.4 Å². The number of hydrogen-bond acceptors (Lipinski definition) is 2. The molecule has 0 saturated heterocycles. The second-order valence-electron chi connectivity index (χ2n) is 2.16. The fraction of sp³-hybridized carbons (Fsp3) is 0.571. The Labute approximate surface area is 59.9 Å². The SMILES string of the molecule is CCc1c(C)nsc1C. The van der Waals surface area contributed by atoms with Gasteiger partial charge in [-0.2, -0.15) is 4.37 Å². The van der Waals surface area contributed by atoms with Crippen molar-refractivity contribution >= 4 is 11.5 Å². The highest BCUT2D eigenvalue weighted by molar-refractivity contribution is 7.05. The standard InChI is InChI=1S/C7H11NS/c1-4-7-5(2)8-9-6(7)3/h4H2,1-3H3. The fourth-order valence-corrected chi connectivity index (χ4v) is 1.79. The molecule has 1 aromatic heterocycles. The van der Waals surface area contributed by atoms with Crippen LogP contribution < -0.4 is 0 Å². The average molecular weight is 141 g/mol. The predicted octanol–water partition coefficient (Wildman–Crippen LogP) is 2.32. The first-order valence-corrected chi connectivity index (χ1v) is 3.94. The Kier molecular flexibility index (Phi) is 1.86. The first-order valence-electron chi connectivity index (χ1n) is 3.17. The molecule has 1 nitrogen and oxygen atoms in total. The summed E-state index contributed by atoms with van der Waals surface area (Å²) in [5, 5.41) is 0. The third kappa shape index (κ3) is 1.13. The summed E-state index contributed by atoms with van der Waals surface area (Å²) in [6, 6.07) is 0. The van der Waals surface area contributed by atoms with Crippen LogP contribution in [0, 0.1) is 13.8 Å². The quantitative estimate of drug-likeness (QED) is 0.585. The van der Waals surface area contributed by atoms with Gasteiger partial charge in [-0.1, -0.05) is 6.92 Å². The lowest BCUT2D eigenvalue weighted by atomic mass is 10.2. The highest BCUT2D eigenvalue weighted by Crippen LogP contribution is 2.16. The van der Waals surface area contributed by atoms with Crippen LogP contribution in [0.4, 0.5) is 0 Å². The number of aryl methyl sites for hydroxylation is 2. The zero-order chi connectivity index (χ0) is 6.85. The van der Waals surface area contributed by atoms with E-state index in [9.17, 15) is 0 Å². The van der Waals surface area contributed by atoms with E-state index in [1.54, 1.807) is 11.5 Å². The van der Waals surface area contributed by atoms with Crippen LogP contribution in [0.25, 0.3) is 0 Å². The molecule has 0 aliphatic rings. The first kappa shape index (κ1) is 6.75. The molecule has 0 amide bonds. The molecule has 2 heteroatoms. The Hall–Kier alpha value is -0.370. The maximum atomic E-state index is 4.23. The van der Waals surface area contributed by atoms with Crippen molar-refractivity contribution < 1.29 is 0 Å². The summed E-state index contributed by atoms with van der Waals surface area (Å²) in [6.45, 7) is 6.37. The Morgan fingerprint density at radius 3 is 2.33 bits per heavy atom. The maximum Gasteiger partial charge on any atom is 0.0545 e. The first-order chi connectivity index (χ1) is 4.25. The maximum absolute atomic E-state index is 4.23. The molecule has 1 aromatic rings. The highest BCUT2D eigenvalue weighted by atomic mass is 32.1. The lowest BCUT2D eigenvalue weighted by Crippen LogP contribution is -1.82. The van der Waals surface area contributed by atoms with Crippen molar-refractivity contribution in [2.45, 2.75) is 27.2 Å². The van der Waals surface area contributed by atoms with Gasteiger partial charge in [0.05, 0.1) is 5.69 Å². The third-order valence-electron chi connectivity index (χ3n) is 1.53. The Balaban J connectivity index is 3.07. The van der Waals surface area contributed by atoms with Crippen molar-refractivity contribution in [3.05, 3.63) is 16.1 Å². The molecule has 0 saturated carbocycles. The van der Waals surface area contributed by atoms with Crippen molar-refractivity contribution in [2.24, 2.45) is 0 Å². The number of hydrogen-bond donors (Lipinski definition) is 0. The molecular formula is C7H11NS. The summed E-state index contributed by atoms with van der Waals surface area (Å²) >= 11 is 1.61. The monoisotopic (exact) mass is 141 g/mol. The van der Waals surface area contributed by atoms with E-state index in [4.69, 9.17) is 0 Å². The van der Waals surface area contributed by atoms with Crippen LogP contribution in [-0.2, 0) is 6.42 Å². The molecule has 50 valence electrons. The number of nitrogens with zero attached hydrogens (tertiary/aromatic N) is 1. The van der Waals surface area contributed by atoms with Crippen LogP contribution in [0.15, 0.2) is 0 Å². The van der Waals surface area contributed by atoms with Crippen LogP contribution >= 0.6 is 11.5 Å². The van der Waals surface area contributed by atoms with Crippen molar-refractivity contribution in [1.82, 2.24) is 4.37 Å². The molecule has 0 radical (unpaired) electrons. The number of rotatable bonds is 1. The van der Waals surface area contributed by atoms with Gasteiger partial charge < -0.3 is 0 Å². The summed E-state index contributed by atoms with van der Waals surface area (Å²) in [4.78, 5) is 1.37. The molecule has 0 aliphatic carbocycles. The molecule has 0 atom stereocenters. The van der Waals surface area contributed by atoms with E-state index in [0.717, 1.165) is 6.42 Å². The summed E-state index contributed by atoms with van der Waals surface area (Å²) in [5.41, 5.74) is 2.64. The number of aromatic nitrogens is 1. The molecule has 0 spiro atoms. The van der Waals surface area contributed by atoms with E-state index in [1.807, 2.05) is 0 Å². The highest BCUT2D eigenvalue weighted by Gasteiger charge is 2.01. The smallest absolute Gasteiger partial charge is 0.0545 e. The Morgan fingerprint density at radius 2 is 2.11 bits per heavy atom. The van der Waals surface area contributed by atoms with Gasteiger partial charge in [0.15, 0.2) is 0 Å². The summed E-state index contributed by atoms with van der Waals surface area (Å²) in [6.07, 6.45) is 1.12. The zero-order valence-corrected chi connectivity index (χ0v) is 6.88. The summed E-state index contributed by atoms with van der Waals surface area (Å²) in [7, 11) is 0. The van der Waals surface area contributed by atoms with E-state index in [0.29, 0.717) is 0 Å². The molecule has 0 N–H and O–H groups in total. The summed E-state index contributed by atoms with van der Waals surface area (Å²) < 4.78 is 4.23. The minimum Gasteiger partial charge on any atom is -0.197 e. The molecule has 0 aliphatic heterocycles. The van der Waals surface area contributed by atoms with E-state index < -0.39 is 0 Å². The van der Waals surface area contributed by atoms with Gasteiger partial charge in [-0.15, -0.1) is 0 Å². The van der Waals surface area contributed by atoms with Gasteiger partial charge in [0.25, 0.3) is 0 Å². The van der Waals surface area contributed by atoms with Crippen molar-refractivity contribution in [3.8, 4) is 0 Å². The van der Waals surface area contributed by atoms with E-state index in [2.05, 4.69) is 25.1 Å². The largest absolute Gasteiger partial charge is 0.197 e. The minimum atomic E-state index is 1.12. The molecular weight excluding hydrogens is 130 g/mol. The van der Waals surface area contributed by atoms with E-state index >= 15 is 0 Å². The fourth-order valence-electron chi connectivity index (χ4n) is 1.01. The van der Waals surface area contributed by atoms with Crippen LogP contribution in [-0.4, -0.2) is 4.37 Å². The van der Waals surface area contributed by atoms with Gasteiger partial charge in [-0.25, -0.2) is 0 Å². The van der Waals surface area contributed by atoms with Crippen LogP contribution in [0.1, 0.15) is 23.1 Å². The lowest BCUT2D eigenvalue weighted by molar-refractivity contribution is 1.08. The Bertz CT molecular complexity index is 183. The molecule has 9 heavy (non-hydrogen) atoms. The normalized spacial score (nSPS) is 10.1. The van der Waals surface area contributed by atoms with Crippen LogP contribution in [0.2, 0.25) is 0 Å². The van der Waals surface area contributed by atoms with Gasteiger partial charge in [0.1, 0.15) is 0 Å². The lowest BCUT2D eigenvalue weighted by Gasteiger charge is -1.91. The van der Waals surface area contributed by atoms with Crippen LogP contribution in [0.5, 0.6) is 0 Å². The topological polar surface area (TPSA) is 12.9 Å². The second kappa shape index (κ2) is 2.48. The van der Waals surface area contributed by atoms with Gasteiger partial charge in [0, 0.05) is 4.88 Å². The molecule has 1 heterocycles.